The van der Waals surface area contributed by atoms with Crippen LogP contribution in [0.2, 0.25) is 0 Å². The highest BCUT2D eigenvalue weighted by Gasteiger charge is 2.19. The fourth-order valence-corrected chi connectivity index (χ4v) is 2.51. The number of hydrogen-bond donors (Lipinski definition) is 1. The van der Waals surface area contributed by atoms with E-state index in [4.69, 9.17) is 0 Å². The summed E-state index contributed by atoms with van der Waals surface area (Å²) in [5.41, 5.74) is 2.46. The predicted octanol–water partition coefficient (Wildman–Crippen LogP) is 2.00. The summed E-state index contributed by atoms with van der Waals surface area (Å²) in [5.74, 6) is 1.27. The topological polar surface area (TPSA) is 36.3 Å². The van der Waals surface area contributed by atoms with E-state index in [1.807, 2.05) is 4.68 Å². The number of anilines is 1. The SMILES string of the molecule is CCCN(CCN(C)C)c1c(CNC(C)C)c(C)nn1C. The van der Waals surface area contributed by atoms with E-state index >= 15 is 0 Å². The van der Waals surface area contributed by atoms with Crippen molar-refractivity contribution in [2.24, 2.45) is 7.05 Å². The zero-order valence-corrected chi connectivity index (χ0v) is 14.9. The van der Waals surface area contributed by atoms with E-state index < -0.39 is 0 Å². The quantitative estimate of drug-likeness (QED) is 0.756. The van der Waals surface area contributed by atoms with E-state index in [1.54, 1.807) is 0 Å². The monoisotopic (exact) mass is 295 g/mol. The lowest BCUT2D eigenvalue weighted by Gasteiger charge is -2.27. The molecular formula is C16H33N5. The number of hydrogen-bond acceptors (Lipinski definition) is 4. The van der Waals surface area contributed by atoms with Crippen LogP contribution >= 0.6 is 0 Å². The van der Waals surface area contributed by atoms with Gasteiger partial charge in [-0.1, -0.05) is 20.8 Å². The Kier molecular flexibility index (Phi) is 7.18. The average Bonchev–Trinajstić information content (AvgIpc) is 2.66. The van der Waals surface area contributed by atoms with E-state index in [1.165, 1.54) is 11.4 Å². The third-order valence-corrected chi connectivity index (χ3v) is 3.61. The van der Waals surface area contributed by atoms with Crippen LogP contribution in [-0.2, 0) is 13.6 Å². The van der Waals surface area contributed by atoms with Crippen LogP contribution in [0.1, 0.15) is 38.4 Å². The molecule has 0 fully saturated rings. The van der Waals surface area contributed by atoms with Crippen LogP contribution in [0.4, 0.5) is 5.82 Å². The Morgan fingerprint density at radius 2 is 1.86 bits per heavy atom. The zero-order valence-electron chi connectivity index (χ0n) is 14.9. The van der Waals surface area contributed by atoms with Crippen LogP contribution in [0.3, 0.4) is 0 Å². The highest BCUT2D eigenvalue weighted by atomic mass is 15.4. The molecule has 0 spiro atoms. The molecule has 1 N–H and O–H groups in total. The third kappa shape index (κ3) is 5.32. The van der Waals surface area contributed by atoms with Crippen LogP contribution in [0.5, 0.6) is 0 Å². The van der Waals surface area contributed by atoms with Crippen LogP contribution in [0.15, 0.2) is 0 Å². The third-order valence-electron chi connectivity index (χ3n) is 3.61. The van der Waals surface area contributed by atoms with Gasteiger partial charge < -0.3 is 15.1 Å². The van der Waals surface area contributed by atoms with E-state index in [9.17, 15) is 0 Å². The molecule has 0 radical (unpaired) electrons. The molecule has 0 bridgehead atoms. The molecule has 0 atom stereocenters. The van der Waals surface area contributed by atoms with Gasteiger partial charge in [0.25, 0.3) is 0 Å². The first-order valence-corrected chi connectivity index (χ1v) is 8.02. The second kappa shape index (κ2) is 8.39. The number of nitrogens with one attached hydrogen (secondary N) is 1. The Labute approximate surface area is 130 Å². The first-order valence-electron chi connectivity index (χ1n) is 8.02. The van der Waals surface area contributed by atoms with Gasteiger partial charge in [0.15, 0.2) is 0 Å². The minimum atomic E-state index is 0.485. The number of likely N-dealkylation sites (N-methyl/N-ethyl adjacent to an activating group) is 1. The van der Waals surface area contributed by atoms with Gasteiger partial charge in [-0.15, -0.1) is 0 Å². The number of nitrogens with zero attached hydrogens (tertiary/aromatic N) is 4. The molecule has 0 aliphatic rings. The first-order chi connectivity index (χ1) is 9.86. The second-order valence-corrected chi connectivity index (χ2v) is 6.34. The molecule has 0 unspecified atom stereocenters. The molecular weight excluding hydrogens is 262 g/mol. The molecule has 0 aromatic carbocycles. The van der Waals surface area contributed by atoms with Crippen molar-refractivity contribution in [3.8, 4) is 0 Å². The highest BCUT2D eigenvalue weighted by Crippen LogP contribution is 2.23. The predicted molar refractivity (Wildman–Crippen MR) is 91.0 cm³/mol. The van der Waals surface area contributed by atoms with Crippen LogP contribution < -0.4 is 10.2 Å². The van der Waals surface area contributed by atoms with Crippen LogP contribution in [0.25, 0.3) is 0 Å². The van der Waals surface area contributed by atoms with E-state index in [0.717, 1.165) is 38.3 Å². The van der Waals surface area contributed by atoms with Crippen molar-refractivity contribution in [1.82, 2.24) is 20.0 Å². The minimum absolute atomic E-state index is 0.485. The number of aryl methyl sites for hydroxylation is 2. The summed E-state index contributed by atoms with van der Waals surface area (Å²) in [6.07, 6.45) is 1.15. The normalized spacial score (nSPS) is 11.7. The fourth-order valence-electron chi connectivity index (χ4n) is 2.51. The average molecular weight is 295 g/mol. The maximum Gasteiger partial charge on any atom is 0.131 e. The standard InChI is InChI=1S/C16H33N5/c1-8-9-21(11-10-19(5)6)16-15(12-17-13(2)3)14(4)18-20(16)7/h13,17H,8-12H2,1-7H3. The molecule has 1 rings (SSSR count). The Hall–Kier alpha value is -1.07. The lowest BCUT2D eigenvalue weighted by Crippen LogP contribution is -2.34. The molecule has 0 aliphatic heterocycles. The summed E-state index contributed by atoms with van der Waals surface area (Å²) in [6.45, 7) is 12.8. The van der Waals surface area contributed by atoms with Crippen molar-refractivity contribution in [3.63, 3.8) is 0 Å². The minimum Gasteiger partial charge on any atom is -0.355 e. The van der Waals surface area contributed by atoms with Crippen molar-refractivity contribution in [2.45, 2.75) is 46.7 Å². The number of aromatic nitrogens is 2. The molecule has 1 heterocycles. The molecule has 0 aliphatic carbocycles. The molecule has 5 heteroatoms. The van der Waals surface area contributed by atoms with Gasteiger partial charge in [-0.25, -0.2) is 0 Å². The van der Waals surface area contributed by atoms with Gasteiger partial charge >= 0.3 is 0 Å². The lowest BCUT2D eigenvalue weighted by atomic mass is 10.2. The maximum absolute atomic E-state index is 4.64. The molecule has 0 saturated heterocycles. The Bertz CT molecular complexity index is 423. The van der Waals surface area contributed by atoms with Crippen molar-refractivity contribution in [1.29, 1.82) is 0 Å². The van der Waals surface area contributed by atoms with Crippen molar-refractivity contribution < 1.29 is 0 Å². The Morgan fingerprint density at radius 1 is 1.19 bits per heavy atom. The summed E-state index contributed by atoms with van der Waals surface area (Å²) >= 11 is 0. The van der Waals surface area contributed by atoms with Gasteiger partial charge in [0.1, 0.15) is 5.82 Å². The molecule has 122 valence electrons. The largest absolute Gasteiger partial charge is 0.355 e. The van der Waals surface area contributed by atoms with Crippen LogP contribution in [0, 0.1) is 6.92 Å². The van der Waals surface area contributed by atoms with Gasteiger partial charge in [0.2, 0.25) is 0 Å². The van der Waals surface area contributed by atoms with Crippen LogP contribution in [-0.4, -0.2) is 54.5 Å². The van der Waals surface area contributed by atoms with Crippen molar-refractivity contribution >= 4 is 5.82 Å². The van der Waals surface area contributed by atoms with Gasteiger partial charge in [-0.05, 0) is 27.4 Å². The van der Waals surface area contributed by atoms with Gasteiger partial charge in [-0.3, -0.25) is 4.68 Å². The zero-order chi connectivity index (χ0) is 16.0. The fraction of sp³-hybridized carbons (Fsp3) is 0.812. The molecule has 0 saturated carbocycles. The Morgan fingerprint density at radius 3 is 2.38 bits per heavy atom. The summed E-state index contributed by atoms with van der Waals surface area (Å²) in [7, 11) is 6.30. The maximum atomic E-state index is 4.64. The van der Waals surface area contributed by atoms with Crippen molar-refractivity contribution in [2.75, 3.05) is 38.6 Å². The number of rotatable bonds is 9. The lowest BCUT2D eigenvalue weighted by molar-refractivity contribution is 0.411. The van der Waals surface area contributed by atoms with Gasteiger partial charge in [-0.2, -0.15) is 5.10 Å². The summed E-state index contributed by atoms with van der Waals surface area (Å²) in [6, 6.07) is 0.485. The summed E-state index contributed by atoms with van der Waals surface area (Å²) in [5, 5.41) is 8.17. The molecule has 5 nitrogen and oxygen atoms in total. The first kappa shape index (κ1) is 18.0. The second-order valence-electron chi connectivity index (χ2n) is 6.34. The van der Waals surface area contributed by atoms with E-state index in [0.29, 0.717) is 6.04 Å². The Balaban J connectivity index is 2.99. The van der Waals surface area contributed by atoms with Gasteiger partial charge in [0, 0.05) is 44.8 Å². The van der Waals surface area contributed by atoms with Gasteiger partial charge in [0.05, 0.1) is 5.69 Å². The van der Waals surface area contributed by atoms with Crippen molar-refractivity contribution in [3.05, 3.63) is 11.3 Å². The molecule has 21 heavy (non-hydrogen) atoms. The molecule has 1 aromatic rings. The summed E-state index contributed by atoms with van der Waals surface area (Å²) < 4.78 is 2.04. The molecule has 0 amide bonds. The van der Waals surface area contributed by atoms with E-state index in [-0.39, 0.29) is 0 Å². The summed E-state index contributed by atoms with van der Waals surface area (Å²) in [4.78, 5) is 4.70. The molecule has 1 aromatic heterocycles. The van der Waals surface area contributed by atoms with E-state index in [2.05, 4.69) is 69.1 Å². The smallest absolute Gasteiger partial charge is 0.131 e. The highest BCUT2D eigenvalue weighted by molar-refractivity contribution is 5.50.